The van der Waals surface area contributed by atoms with Crippen molar-refractivity contribution < 1.29 is 9.59 Å². The Hall–Kier alpha value is -3.27. The summed E-state index contributed by atoms with van der Waals surface area (Å²) in [5.74, 6) is -0.301. The molecule has 0 bridgehead atoms. The van der Waals surface area contributed by atoms with Crippen molar-refractivity contribution in [1.82, 2.24) is 25.4 Å². The second-order valence-corrected chi connectivity index (χ2v) is 7.80. The normalized spacial score (nSPS) is 16.1. The van der Waals surface area contributed by atoms with Crippen molar-refractivity contribution in [3.63, 3.8) is 0 Å². The Morgan fingerprint density at radius 2 is 1.93 bits per heavy atom. The zero-order valence-corrected chi connectivity index (χ0v) is 16.4. The van der Waals surface area contributed by atoms with Gasteiger partial charge in [-0.25, -0.2) is 0 Å². The van der Waals surface area contributed by atoms with Crippen molar-refractivity contribution in [2.45, 2.75) is 25.2 Å². The minimum Gasteiger partial charge on any atom is -0.363 e. The summed E-state index contributed by atoms with van der Waals surface area (Å²) in [6.07, 6.45) is 3.11. The third kappa shape index (κ3) is 4.60. The van der Waals surface area contributed by atoms with Gasteiger partial charge in [-0.15, -0.1) is 10.2 Å². The molecular formula is C19H19N7O2S. The van der Waals surface area contributed by atoms with Crippen molar-refractivity contribution in [1.29, 1.82) is 0 Å². The molecule has 9 nitrogen and oxygen atoms in total. The largest absolute Gasteiger partial charge is 0.363 e. The van der Waals surface area contributed by atoms with Crippen molar-refractivity contribution in [2.75, 3.05) is 18.0 Å². The van der Waals surface area contributed by atoms with E-state index in [2.05, 4.69) is 30.3 Å². The van der Waals surface area contributed by atoms with Crippen LogP contribution in [0.1, 0.15) is 39.2 Å². The lowest BCUT2D eigenvalue weighted by Gasteiger charge is -2.13. The Labute approximate surface area is 171 Å². The molecule has 148 valence electrons. The molecule has 3 aromatic heterocycles. The number of nitrogens with two attached hydrogens (primary N) is 1. The van der Waals surface area contributed by atoms with Crippen LogP contribution in [0.25, 0.3) is 0 Å². The van der Waals surface area contributed by atoms with Crippen LogP contribution in [0.5, 0.6) is 0 Å². The molecule has 4 heterocycles. The first-order valence-electron chi connectivity index (χ1n) is 9.21. The van der Waals surface area contributed by atoms with Gasteiger partial charge in [0.15, 0.2) is 0 Å². The highest BCUT2D eigenvalue weighted by atomic mass is 32.1. The fourth-order valence-corrected chi connectivity index (χ4v) is 4.00. The molecule has 29 heavy (non-hydrogen) atoms. The number of hydrogen-bond acceptors (Lipinski definition) is 9. The lowest BCUT2D eigenvalue weighted by Crippen LogP contribution is -2.19. The fraction of sp³-hybridized carbons (Fsp3) is 0.316. The van der Waals surface area contributed by atoms with E-state index in [1.165, 1.54) is 11.3 Å². The van der Waals surface area contributed by atoms with Crippen LogP contribution >= 0.6 is 11.3 Å². The van der Waals surface area contributed by atoms with Gasteiger partial charge in [-0.1, -0.05) is 17.4 Å². The minimum atomic E-state index is -0.566. The van der Waals surface area contributed by atoms with E-state index < -0.39 is 5.91 Å². The molecule has 2 N–H and O–H groups in total. The number of Topliss-reactive ketones (excluding diaryl/α,β-unsaturated/α-hetero) is 1. The quantitative estimate of drug-likeness (QED) is 0.616. The minimum absolute atomic E-state index is 0.0549. The fourth-order valence-electron chi connectivity index (χ4n) is 3.27. The zero-order chi connectivity index (χ0) is 20.2. The summed E-state index contributed by atoms with van der Waals surface area (Å²) in [4.78, 5) is 29.6. The van der Waals surface area contributed by atoms with E-state index in [0.717, 1.165) is 30.9 Å². The first-order valence-corrected chi connectivity index (χ1v) is 10.0. The van der Waals surface area contributed by atoms with Gasteiger partial charge < -0.3 is 10.6 Å². The molecule has 0 aromatic carbocycles. The van der Waals surface area contributed by atoms with Crippen molar-refractivity contribution in [3.05, 3.63) is 58.6 Å². The summed E-state index contributed by atoms with van der Waals surface area (Å²) >= 11 is 1.20. The van der Waals surface area contributed by atoms with Gasteiger partial charge in [-0.2, -0.15) is 10.2 Å². The van der Waals surface area contributed by atoms with E-state index in [4.69, 9.17) is 5.73 Å². The number of carbonyl (C=O) groups excluding carboxylic acids is 2. The first kappa shape index (κ1) is 19.1. The Morgan fingerprint density at radius 1 is 1.07 bits per heavy atom. The van der Waals surface area contributed by atoms with Crippen LogP contribution < -0.4 is 10.6 Å². The molecule has 0 aliphatic carbocycles. The molecule has 1 atom stereocenters. The van der Waals surface area contributed by atoms with Crippen molar-refractivity contribution in [2.24, 2.45) is 5.73 Å². The van der Waals surface area contributed by atoms with Crippen molar-refractivity contribution in [3.8, 4) is 0 Å². The molecule has 10 heteroatoms. The molecule has 0 spiro atoms. The highest BCUT2D eigenvalue weighted by Gasteiger charge is 2.28. The number of primary amides is 1. The Bertz CT molecular complexity index is 1010. The van der Waals surface area contributed by atoms with Crippen LogP contribution in [-0.4, -0.2) is 50.2 Å². The smallest absolute Gasteiger partial charge is 0.279 e. The number of anilines is 1. The van der Waals surface area contributed by atoms with E-state index in [1.54, 1.807) is 6.20 Å². The number of hydrogen-bond donors (Lipinski definition) is 1. The molecule has 1 aliphatic heterocycles. The summed E-state index contributed by atoms with van der Waals surface area (Å²) in [7, 11) is 0. The topological polar surface area (TPSA) is 128 Å². The van der Waals surface area contributed by atoms with Crippen LogP contribution in [-0.2, 0) is 17.6 Å². The summed E-state index contributed by atoms with van der Waals surface area (Å²) in [6.45, 7) is 1.52. The number of ketones is 1. The highest BCUT2D eigenvalue weighted by molar-refractivity contribution is 7.17. The number of carbonyl (C=O) groups is 2. The summed E-state index contributed by atoms with van der Waals surface area (Å²) in [6, 6.07) is 9.31. The Balaban J connectivity index is 1.34. The molecule has 4 rings (SSSR count). The molecular weight excluding hydrogens is 390 g/mol. The lowest BCUT2D eigenvalue weighted by atomic mass is 10.0. The predicted octanol–water partition coefficient (Wildman–Crippen LogP) is 1.17. The molecule has 0 radical (unpaired) electrons. The standard InChI is InChI=1S/C19H19N7O2S/c20-17(28)18-24-25-19(29-18)26-8-6-12(11-26)16-5-4-14(22-23-16)10-15(27)9-13-3-1-2-7-21-13/h1-5,7,12H,6,8-11H2,(H2,20,28). The predicted molar refractivity (Wildman–Crippen MR) is 107 cm³/mol. The lowest BCUT2D eigenvalue weighted by molar-refractivity contribution is -0.117. The number of amides is 1. The molecule has 0 saturated carbocycles. The molecule has 1 fully saturated rings. The van der Waals surface area contributed by atoms with Crippen LogP contribution in [0.3, 0.4) is 0 Å². The van der Waals surface area contributed by atoms with Gasteiger partial charge in [0, 0.05) is 37.3 Å². The van der Waals surface area contributed by atoms with Crippen molar-refractivity contribution >= 4 is 28.2 Å². The van der Waals surface area contributed by atoms with E-state index >= 15 is 0 Å². The van der Waals surface area contributed by atoms with E-state index in [1.807, 2.05) is 30.3 Å². The number of aromatic nitrogens is 5. The van der Waals surface area contributed by atoms with E-state index in [0.29, 0.717) is 10.8 Å². The van der Waals surface area contributed by atoms with Crippen LogP contribution in [0.2, 0.25) is 0 Å². The average molecular weight is 409 g/mol. The third-order valence-electron chi connectivity index (χ3n) is 4.73. The number of rotatable bonds is 7. The van der Waals surface area contributed by atoms with Gasteiger partial charge in [0.05, 0.1) is 17.8 Å². The molecule has 1 unspecified atom stereocenters. The monoisotopic (exact) mass is 409 g/mol. The zero-order valence-electron chi connectivity index (χ0n) is 15.6. The van der Waals surface area contributed by atoms with E-state index in [-0.39, 0.29) is 29.6 Å². The Morgan fingerprint density at radius 3 is 2.62 bits per heavy atom. The molecule has 1 saturated heterocycles. The van der Waals surface area contributed by atoms with Crippen LogP contribution in [0.15, 0.2) is 36.5 Å². The molecule has 3 aromatic rings. The Kier molecular flexibility index (Phi) is 5.52. The average Bonchev–Trinajstić information content (AvgIpc) is 3.39. The summed E-state index contributed by atoms with van der Waals surface area (Å²) < 4.78 is 0. The van der Waals surface area contributed by atoms with Gasteiger partial charge in [0.25, 0.3) is 5.91 Å². The molecule has 1 amide bonds. The molecule has 1 aliphatic rings. The maximum Gasteiger partial charge on any atom is 0.279 e. The number of nitrogens with zero attached hydrogens (tertiary/aromatic N) is 6. The first-order chi connectivity index (χ1) is 14.1. The SMILES string of the molecule is NC(=O)c1nnc(N2CCC(c3ccc(CC(=O)Cc4ccccn4)nn3)C2)s1. The number of pyridine rings is 1. The van der Waals surface area contributed by atoms with Gasteiger partial charge in [0.2, 0.25) is 10.1 Å². The second kappa shape index (κ2) is 8.39. The maximum atomic E-state index is 12.2. The second-order valence-electron chi connectivity index (χ2n) is 6.85. The summed E-state index contributed by atoms with van der Waals surface area (Å²) in [5.41, 5.74) is 7.53. The van der Waals surface area contributed by atoms with Gasteiger partial charge in [0.1, 0.15) is 5.78 Å². The van der Waals surface area contributed by atoms with Crippen LogP contribution in [0, 0.1) is 0 Å². The van der Waals surface area contributed by atoms with Gasteiger partial charge in [-0.05, 0) is 30.7 Å². The van der Waals surface area contributed by atoms with Gasteiger partial charge >= 0.3 is 0 Å². The maximum absolute atomic E-state index is 12.2. The third-order valence-corrected chi connectivity index (χ3v) is 5.72. The van der Waals surface area contributed by atoms with Crippen LogP contribution in [0.4, 0.5) is 5.13 Å². The highest BCUT2D eigenvalue weighted by Crippen LogP contribution is 2.31. The summed E-state index contributed by atoms with van der Waals surface area (Å²) in [5, 5.41) is 17.3. The van der Waals surface area contributed by atoms with E-state index in [9.17, 15) is 9.59 Å². The van der Waals surface area contributed by atoms with Gasteiger partial charge in [-0.3, -0.25) is 14.6 Å².